The molecule has 0 saturated carbocycles. The highest BCUT2D eigenvalue weighted by Gasteiger charge is 2.24. The zero-order chi connectivity index (χ0) is 15.4. The van der Waals surface area contributed by atoms with Gasteiger partial charge in [-0.2, -0.15) is 0 Å². The number of benzene rings is 1. The Bertz CT molecular complexity index is 612. The molecule has 0 bridgehead atoms. The quantitative estimate of drug-likeness (QED) is 0.709. The Balaban J connectivity index is 2.53. The zero-order valence-electron chi connectivity index (χ0n) is 12.3. The first-order valence-electron chi connectivity index (χ1n) is 6.22. The van der Waals surface area contributed by atoms with E-state index in [-0.39, 0.29) is 4.83 Å². The first-order valence-corrected chi connectivity index (χ1v) is 8.01. The van der Waals surface area contributed by atoms with E-state index in [0.717, 1.165) is 16.2 Å². The molecule has 114 valence electrons. The summed E-state index contributed by atoms with van der Waals surface area (Å²) < 4.78 is 21.6. The summed E-state index contributed by atoms with van der Waals surface area (Å²) in [6.07, 6.45) is 0. The molecular weight excluding hydrogens is 356 g/mol. The van der Waals surface area contributed by atoms with E-state index in [4.69, 9.17) is 18.9 Å². The average molecular weight is 373 g/mol. The third-order valence-electron chi connectivity index (χ3n) is 3.12. The van der Waals surface area contributed by atoms with Gasteiger partial charge in [0, 0.05) is 5.56 Å². The van der Waals surface area contributed by atoms with Crippen LogP contribution in [0.1, 0.15) is 15.3 Å². The van der Waals surface area contributed by atoms with Gasteiger partial charge in [-0.15, -0.1) is 11.3 Å². The average Bonchev–Trinajstić information content (AvgIpc) is 3.00. The highest BCUT2D eigenvalue weighted by atomic mass is 79.9. The number of thiophene rings is 1. The number of methoxy groups -OCH3 is 4. The van der Waals surface area contributed by atoms with Gasteiger partial charge in [0.05, 0.1) is 38.1 Å². The molecule has 0 aliphatic rings. The Labute approximate surface area is 136 Å². The Hall–Kier alpha value is -1.40. The largest absolute Gasteiger partial charge is 0.496 e. The molecule has 2 aromatic rings. The second-order valence-electron chi connectivity index (χ2n) is 4.14. The fourth-order valence-electron chi connectivity index (χ4n) is 2.13. The van der Waals surface area contributed by atoms with Crippen LogP contribution in [0.15, 0.2) is 23.6 Å². The van der Waals surface area contributed by atoms with E-state index in [1.54, 1.807) is 39.8 Å². The van der Waals surface area contributed by atoms with Crippen LogP contribution >= 0.6 is 27.3 Å². The van der Waals surface area contributed by atoms with Crippen molar-refractivity contribution >= 4 is 27.3 Å². The molecule has 0 fully saturated rings. The van der Waals surface area contributed by atoms with Crippen LogP contribution in [0, 0.1) is 0 Å². The summed E-state index contributed by atoms with van der Waals surface area (Å²) in [6, 6.07) is 5.77. The molecule has 0 N–H and O–H groups in total. The highest BCUT2D eigenvalue weighted by molar-refractivity contribution is 9.09. The van der Waals surface area contributed by atoms with E-state index in [1.807, 2.05) is 23.6 Å². The molecule has 1 atom stereocenters. The van der Waals surface area contributed by atoms with Crippen molar-refractivity contribution < 1.29 is 18.9 Å². The molecule has 0 aliphatic carbocycles. The summed E-state index contributed by atoms with van der Waals surface area (Å²) >= 11 is 5.34. The molecule has 0 spiro atoms. The molecule has 1 heterocycles. The Kier molecular flexibility index (Phi) is 5.36. The van der Waals surface area contributed by atoms with Crippen LogP contribution in [0.2, 0.25) is 0 Å². The maximum atomic E-state index is 5.53. The molecule has 1 aromatic heterocycles. The summed E-state index contributed by atoms with van der Waals surface area (Å²) in [5.41, 5.74) is 0.955. The molecule has 0 radical (unpaired) electrons. The van der Waals surface area contributed by atoms with Crippen LogP contribution in [-0.4, -0.2) is 28.4 Å². The van der Waals surface area contributed by atoms with Crippen LogP contribution in [0.5, 0.6) is 23.0 Å². The standard InChI is InChI=1S/C15H17BrO4S/c1-17-10-6-5-9(13(19-3)14(10)20-4)12(16)15-11(18-2)7-8-21-15/h5-8,12H,1-4H3. The molecule has 2 rings (SSSR count). The van der Waals surface area contributed by atoms with Crippen LogP contribution < -0.4 is 18.9 Å². The lowest BCUT2D eigenvalue weighted by Gasteiger charge is -2.18. The predicted octanol–water partition coefficient (Wildman–Crippen LogP) is 4.27. The molecule has 0 aliphatic heterocycles. The van der Waals surface area contributed by atoms with Crippen molar-refractivity contribution in [3.05, 3.63) is 34.0 Å². The van der Waals surface area contributed by atoms with E-state index in [1.165, 1.54) is 0 Å². The van der Waals surface area contributed by atoms with Gasteiger partial charge in [0.15, 0.2) is 11.5 Å². The number of ether oxygens (including phenoxy) is 4. The van der Waals surface area contributed by atoms with Crippen molar-refractivity contribution in [1.29, 1.82) is 0 Å². The van der Waals surface area contributed by atoms with Crippen molar-refractivity contribution in [2.24, 2.45) is 0 Å². The molecule has 1 unspecified atom stereocenters. The first-order chi connectivity index (χ1) is 10.2. The topological polar surface area (TPSA) is 36.9 Å². The van der Waals surface area contributed by atoms with Crippen molar-refractivity contribution in [2.45, 2.75) is 4.83 Å². The third-order valence-corrected chi connectivity index (χ3v) is 5.33. The van der Waals surface area contributed by atoms with Gasteiger partial charge in [-0.3, -0.25) is 0 Å². The molecule has 4 nitrogen and oxygen atoms in total. The van der Waals surface area contributed by atoms with E-state index < -0.39 is 0 Å². The Morgan fingerprint density at radius 2 is 1.52 bits per heavy atom. The Morgan fingerprint density at radius 1 is 0.857 bits per heavy atom. The van der Waals surface area contributed by atoms with Crippen molar-refractivity contribution in [3.63, 3.8) is 0 Å². The number of rotatable bonds is 6. The van der Waals surface area contributed by atoms with E-state index in [9.17, 15) is 0 Å². The summed E-state index contributed by atoms with van der Waals surface area (Å²) in [7, 11) is 6.48. The first kappa shape index (κ1) is 16.0. The summed E-state index contributed by atoms with van der Waals surface area (Å²) in [6.45, 7) is 0. The fraction of sp³-hybridized carbons (Fsp3) is 0.333. The van der Waals surface area contributed by atoms with E-state index >= 15 is 0 Å². The predicted molar refractivity (Wildman–Crippen MR) is 87.7 cm³/mol. The fourth-order valence-corrected chi connectivity index (χ4v) is 3.89. The monoisotopic (exact) mass is 372 g/mol. The summed E-state index contributed by atoms with van der Waals surface area (Å²) in [5.74, 6) is 2.71. The van der Waals surface area contributed by atoms with Crippen molar-refractivity contribution in [3.8, 4) is 23.0 Å². The minimum atomic E-state index is -0.0535. The number of alkyl halides is 1. The minimum Gasteiger partial charge on any atom is -0.496 e. The second kappa shape index (κ2) is 7.04. The number of halogens is 1. The second-order valence-corrected chi connectivity index (χ2v) is 6.00. The van der Waals surface area contributed by atoms with Gasteiger partial charge in [0.25, 0.3) is 0 Å². The third kappa shape index (κ3) is 2.96. The van der Waals surface area contributed by atoms with Gasteiger partial charge in [0.1, 0.15) is 5.75 Å². The van der Waals surface area contributed by atoms with Gasteiger partial charge < -0.3 is 18.9 Å². The number of hydrogen-bond acceptors (Lipinski definition) is 5. The molecule has 1 aromatic carbocycles. The van der Waals surface area contributed by atoms with Gasteiger partial charge in [-0.25, -0.2) is 0 Å². The molecule has 21 heavy (non-hydrogen) atoms. The maximum absolute atomic E-state index is 5.53. The highest BCUT2D eigenvalue weighted by Crippen LogP contribution is 2.48. The Morgan fingerprint density at radius 3 is 2.10 bits per heavy atom. The van der Waals surface area contributed by atoms with Crippen molar-refractivity contribution in [1.82, 2.24) is 0 Å². The molecule has 0 amide bonds. The summed E-state index contributed by atoms with van der Waals surface area (Å²) in [5, 5.41) is 2.00. The lowest BCUT2D eigenvalue weighted by Crippen LogP contribution is -2.01. The SMILES string of the molecule is COc1ccsc1C(Br)c1ccc(OC)c(OC)c1OC. The zero-order valence-corrected chi connectivity index (χ0v) is 14.7. The minimum absolute atomic E-state index is 0.0535. The van der Waals surface area contributed by atoms with E-state index in [0.29, 0.717) is 17.2 Å². The lowest BCUT2D eigenvalue weighted by atomic mass is 10.1. The summed E-state index contributed by atoms with van der Waals surface area (Å²) in [4.78, 5) is 1.02. The van der Waals surface area contributed by atoms with Gasteiger partial charge in [0.2, 0.25) is 5.75 Å². The normalized spacial score (nSPS) is 11.9. The van der Waals surface area contributed by atoms with Gasteiger partial charge in [-0.1, -0.05) is 15.9 Å². The van der Waals surface area contributed by atoms with Crippen LogP contribution in [0.4, 0.5) is 0 Å². The molecule has 0 saturated heterocycles. The maximum Gasteiger partial charge on any atom is 0.203 e. The molecule has 6 heteroatoms. The van der Waals surface area contributed by atoms with Gasteiger partial charge >= 0.3 is 0 Å². The smallest absolute Gasteiger partial charge is 0.203 e. The molecular formula is C15H17BrO4S. The van der Waals surface area contributed by atoms with E-state index in [2.05, 4.69) is 15.9 Å². The lowest BCUT2D eigenvalue weighted by molar-refractivity contribution is 0.322. The van der Waals surface area contributed by atoms with Gasteiger partial charge in [-0.05, 0) is 23.6 Å². The van der Waals surface area contributed by atoms with Crippen molar-refractivity contribution in [2.75, 3.05) is 28.4 Å². The van der Waals surface area contributed by atoms with Crippen LogP contribution in [-0.2, 0) is 0 Å². The number of hydrogen-bond donors (Lipinski definition) is 0. The van der Waals surface area contributed by atoms with Crippen LogP contribution in [0.25, 0.3) is 0 Å². The van der Waals surface area contributed by atoms with Crippen LogP contribution in [0.3, 0.4) is 0 Å².